The molecule has 0 aliphatic heterocycles. The topological polar surface area (TPSA) is 68.5 Å². The van der Waals surface area contributed by atoms with Crippen LogP contribution in [0, 0.1) is 13.8 Å². The Morgan fingerprint density at radius 2 is 1.93 bits per heavy atom. The second kappa shape index (κ2) is 8.69. The van der Waals surface area contributed by atoms with Crippen molar-refractivity contribution in [1.82, 2.24) is 15.0 Å². The van der Waals surface area contributed by atoms with Gasteiger partial charge in [0.25, 0.3) is 5.91 Å². The lowest BCUT2D eigenvalue weighted by Crippen LogP contribution is -2.39. The highest BCUT2D eigenvalue weighted by atomic mass is 16.5. The van der Waals surface area contributed by atoms with Crippen LogP contribution < -0.4 is 4.74 Å². The van der Waals surface area contributed by atoms with Gasteiger partial charge < -0.3 is 14.2 Å². The molecule has 6 heteroatoms. The number of aromatic nitrogens is 2. The second-order valence-corrected chi connectivity index (χ2v) is 6.86. The van der Waals surface area contributed by atoms with Crippen LogP contribution >= 0.6 is 0 Å². The summed E-state index contributed by atoms with van der Waals surface area (Å²) < 4.78 is 11.3. The molecule has 1 atom stereocenters. The number of carbonyl (C=O) groups excluding carboxylic acids is 1. The average Bonchev–Trinajstić information content (AvgIpc) is 3.16. The zero-order valence-corrected chi connectivity index (χ0v) is 16.7. The first-order valence-electron chi connectivity index (χ1n) is 9.34. The first kappa shape index (κ1) is 19.6. The number of amides is 1. The molecule has 1 amide bonds. The SMILES string of the molecule is CC[C@H](Oc1ccc(C)cc1C)C(=O)N(C)Cc1nc(-c2ccccc2)no1. The van der Waals surface area contributed by atoms with E-state index in [2.05, 4.69) is 10.1 Å². The molecule has 146 valence electrons. The Morgan fingerprint density at radius 1 is 1.18 bits per heavy atom. The van der Waals surface area contributed by atoms with Crippen LogP contribution in [0.25, 0.3) is 11.4 Å². The van der Waals surface area contributed by atoms with Crippen molar-refractivity contribution in [2.24, 2.45) is 0 Å². The maximum Gasteiger partial charge on any atom is 0.263 e. The maximum atomic E-state index is 12.8. The first-order valence-corrected chi connectivity index (χ1v) is 9.34. The monoisotopic (exact) mass is 379 g/mol. The molecule has 6 nitrogen and oxygen atoms in total. The number of nitrogens with zero attached hydrogens (tertiary/aromatic N) is 3. The van der Waals surface area contributed by atoms with Crippen molar-refractivity contribution in [3.8, 4) is 17.1 Å². The van der Waals surface area contributed by atoms with Crippen molar-refractivity contribution in [3.05, 3.63) is 65.5 Å². The minimum Gasteiger partial charge on any atom is -0.480 e. The van der Waals surface area contributed by atoms with E-state index in [4.69, 9.17) is 9.26 Å². The fraction of sp³-hybridized carbons (Fsp3) is 0.318. The van der Waals surface area contributed by atoms with Crippen molar-refractivity contribution in [1.29, 1.82) is 0 Å². The Bertz CT molecular complexity index is 937. The van der Waals surface area contributed by atoms with E-state index >= 15 is 0 Å². The lowest BCUT2D eigenvalue weighted by Gasteiger charge is -2.23. The van der Waals surface area contributed by atoms with Gasteiger partial charge in [-0.1, -0.05) is 60.1 Å². The van der Waals surface area contributed by atoms with E-state index in [0.29, 0.717) is 18.1 Å². The number of ether oxygens (including phenoxy) is 1. The number of carbonyl (C=O) groups is 1. The molecular weight excluding hydrogens is 354 g/mol. The summed E-state index contributed by atoms with van der Waals surface area (Å²) >= 11 is 0. The molecule has 0 bridgehead atoms. The molecule has 3 aromatic rings. The van der Waals surface area contributed by atoms with Gasteiger partial charge >= 0.3 is 0 Å². The summed E-state index contributed by atoms with van der Waals surface area (Å²) in [5, 5.41) is 4.00. The predicted octanol–water partition coefficient (Wildman–Crippen LogP) is 4.17. The van der Waals surface area contributed by atoms with Crippen LogP contribution in [0.5, 0.6) is 5.75 Å². The quantitative estimate of drug-likeness (QED) is 0.616. The standard InChI is InChI=1S/C22H25N3O3/c1-5-18(27-19-12-11-15(2)13-16(19)3)22(26)25(4)14-20-23-21(24-28-20)17-9-7-6-8-10-17/h6-13,18H,5,14H2,1-4H3/t18-/m0/s1. The minimum absolute atomic E-state index is 0.123. The Kier molecular flexibility index (Phi) is 6.09. The molecule has 0 saturated heterocycles. The summed E-state index contributed by atoms with van der Waals surface area (Å²) in [6.07, 6.45) is -0.00167. The molecule has 1 heterocycles. The molecule has 3 rings (SSSR count). The van der Waals surface area contributed by atoms with Crippen molar-refractivity contribution in [3.63, 3.8) is 0 Å². The molecule has 1 aromatic heterocycles. The molecule has 0 fully saturated rings. The predicted molar refractivity (Wildman–Crippen MR) is 107 cm³/mol. The summed E-state index contributed by atoms with van der Waals surface area (Å²) in [5.41, 5.74) is 3.04. The maximum absolute atomic E-state index is 12.8. The Labute approximate surface area is 165 Å². The van der Waals surface area contributed by atoms with Crippen molar-refractivity contribution in [2.45, 2.75) is 39.8 Å². The van der Waals surface area contributed by atoms with Gasteiger partial charge in [-0.3, -0.25) is 4.79 Å². The normalized spacial score (nSPS) is 11.9. The fourth-order valence-corrected chi connectivity index (χ4v) is 2.94. The molecule has 0 N–H and O–H groups in total. The van der Waals surface area contributed by atoms with Crippen molar-refractivity contribution < 1.29 is 14.1 Å². The Balaban J connectivity index is 1.66. The van der Waals surface area contributed by atoms with Gasteiger partial charge in [-0.25, -0.2) is 0 Å². The number of hydrogen-bond donors (Lipinski definition) is 0. The minimum atomic E-state index is -0.567. The molecule has 0 aliphatic carbocycles. The molecule has 28 heavy (non-hydrogen) atoms. The largest absolute Gasteiger partial charge is 0.480 e. The van der Waals surface area contributed by atoms with E-state index < -0.39 is 6.10 Å². The highest BCUT2D eigenvalue weighted by Gasteiger charge is 2.24. The van der Waals surface area contributed by atoms with Gasteiger partial charge in [0.1, 0.15) is 5.75 Å². The van der Waals surface area contributed by atoms with Crippen LogP contribution in [0.2, 0.25) is 0 Å². The molecule has 2 aromatic carbocycles. The average molecular weight is 379 g/mol. The zero-order chi connectivity index (χ0) is 20.1. The van der Waals surface area contributed by atoms with E-state index in [9.17, 15) is 4.79 Å². The van der Waals surface area contributed by atoms with Gasteiger partial charge in [0.2, 0.25) is 11.7 Å². The van der Waals surface area contributed by atoms with Crippen LogP contribution in [-0.4, -0.2) is 34.1 Å². The lowest BCUT2D eigenvalue weighted by atomic mass is 10.1. The molecule has 0 aliphatic rings. The van der Waals surface area contributed by atoms with Gasteiger partial charge in [0, 0.05) is 12.6 Å². The first-order chi connectivity index (χ1) is 13.5. The number of rotatable bonds is 7. The third-order valence-corrected chi connectivity index (χ3v) is 4.49. The van der Waals surface area contributed by atoms with Gasteiger partial charge in [-0.15, -0.1) is 0 Å². The third kappa shape index (κ3) is 4.57. The molecular formula is C22H25N3O3. The third-order valence-electron chi connectivity index (χ3n) is 4.49. The van der Waals surface area contributed by atoms with E-state index in [-0.39, 0.29) is 12.5 Å². The molecule has 0 radical (unpaired) electrons. The van der Waals surface area contributed by atoms with Crippen LogP contribution in [0.4, 0.5) is 0 Å². The van der Waals surface area contributed by atoms with Crippen LogP contribution in [0.3, 0.4) is 0 Å². The van der Waals surface area contributed by atoms with Gasteiger partial charge in [0.05, 0.1) is 6.54 Å². The highest BCUT2D eigenvalue weighted by molar-refractivity contribution is 5.81. The second-order valence-electron chi connectivity index (χ2n) is 6.86. The highest BCUT2D eigenvalue weighted by Crippen LogP contribution is 2.22. The summed E-state index contributed by atoms with van der Waals surface area (Å²) in [6.45, 7) is 6.17. The summed E-state index contributed by atoms with van der Waals surface area (Å²) in [4.78, 5) is 18.8. The molecule has 0 unspecified atom stereocenters. The lowest BCUT2D eigenvalue weighted by molar-refractivity contribution is -0.138. The summed E-state index contributed by atoms with van der Waals surface area (Å²) in [7, 11) is 1.71. The summed E-state index contributed by atoms with van der Waals surface area (Å²) in [5.74, 6) is 1.50. The van der Waals surface area contributed by atoms with Crippen LogP contribution in [-0.2, 0) is 11.3 Å². The van der Waals surface area contributed by atoms with Crippen LogP contribution in [0.15, 0.2) is 53.1 Å². The van der Waals surface area contributed by atoms with Gasteiger partial charge in [-0.2, -0.15) is 4.98 Å². The van der Waals surface area contributed by atoms with Gasteiger partial charge in [0.15, 0.2) is 6.10 Å². The number of likely N-dealkylation sites (N-methyl/N-ethyl adjacent to an activating group) is 1. The van der Waals surface area contributed by atoms with Crippen LogP contribution in [0.1, 0.15) is 30.4 Å². The van der Waals surface area contributed by atoms with Crippen molar-refractivity contribution in [2.75, 3.05) is 7.05 Å². The number of hydrogen-bond acceptors (Lipinski definition) is 5. The smallest absolute Gasteiger partial charge is 0.263 e. The van der Waals surface area contributed by atoms with Crippen molar-refractivity contribution >= 4 is 5.91 Å². The Morgan fingerprint density at radius 3 is 2.61 bits per heavy atom. The molecule has 0 spiro atoms. The van der Waals surface area contributed by atoms with E-state index in [1.807, 2.05) is 69.3 Å². The Hall–Kier alpha value is -3.15. The molecule has 0 saturated carbocycles. The van der Waals surface area contributed by atoms with E-state index in [1.165, 1.54) is 0 Å². The van der Waals surface area contributed by atoms with E-state index in [1.54, 1.807) is 11.9 Å². The zero-order valence-electron chi connectivity index (χ0n) is 16.7. The fourth-order valence-electron chi connectivity index (χ4n) is 2.94. The van der Waals surface area contributed by atoms with Gasteiger partial charge in [-0.05, 0) is 31.9 Å². The summed E-state index contributed by atoms with van der Waals surface area (Å²) in [6, 6.07) is 15.5. The van der Waals surface area contributed by atoms with E-state index in [0.717, 1.165) is 22.4 Å². The number of aryl methyl sites for hydroxylation is 2. The number of benzene rings is 2.